The van der Waals surface area contributed by atoms with Crippen molar-refractivity contribution in [1.29, 1.82) is 15.8 Å². The van der Waals surface area contributed by atoms with Crippen LogP contribution in [0.25, 0.3) is 32.7 Å². The molecule has 482 valence electrons. The zero-order valence-corrected chi connectivity index (χ0v) is 54.8. The highest BCUT2D eigenvalue weighted by atomic mass is 35.5. The molecule has 12 rings (SSSR count). The molecule has 0 bridgehead atoms. The molecule has 0 unspecified atom stereocenters. The second-order valence-electron chi connectivity index (χ2n) is 24.0. The van der Waals surface area contributed by atoms with Gasteiger partial charge in [-0.25, -0.2) is 0 Å². The highest BCUT2D eigenvalue weighted by Crippen LogP contribution is 2.33. The third kappa shape index (κ3) is 14.6. The van der Waals surface area contributed by atoms with Gasteiger partial charge in [0.05, 0.1) is 40.7 Å². The van der Waals surface area contributed by atoms with E-state index in [0.717, 1.165) is 71.1 Å². The molecule has 0 N–H and O–H groups in total. The van der Waals surface area contributed by atoms with Gasteiger partial charge in [0.25, 0.3) is 28.5 Å². The summed E-state index contributed by atoms with van der Waals surface area (Å²) >= 11 is 5.94. The minimum absolute atomic E-state index is 0.0354. The largest absolute Gasteiger partial charge is 0.497 e. The first-order valence-corrected chi connectivity index (χ1v) is 31.8. The Kier molecular flexibility index (Phi) is 21.6. The standard InChI is InChI=1S/C26H29N5O3.C25H26ClN5O2.C22H22N4O/c1-28(2)12-17-31-23-7-5-4-6-21(23)24(22(18-27)26(31)33)29-13-15-30(16-14-29)25(32)19-8-10-20(34-3)11-9-19;1-28(2)11-16-31-22-6-4-3-5-20(22)23(21(17-27)25(31)33)29-12-14-30(15-13-29)24(32)18-7-9-19(26)10-8-18;1-24-20-10-6-5-9-18(20)21(19(15-23)22(24)27)26-13-11-25(12-14-26)16-17-7-3-2-4-8-17/h4-11H,12-17H2,1-3H3;3-10H,11-16H2,1-2H3;2-10H,11-14,16H2,1H3. The van der Waals surface area contributed by atoms with Gasteiger partial charge in [-0.3, -0.25) is 28.9 Å². The van der Waals surface area contributed by atoms with Gasteiger partial charge >= 0.3 is 0 Å². The zero-order valence-electron chi connectivity index (χ0n) is 54.0. The number of pyridine rings is 3. The van der Waals surface area contributed by atoms with Crippen LogP contribution in [0.4, 0.5) is 17.1 Å². The van der Waals surface area contributed by atoms with Crippen molar-refractivity contribution in [2.45, 2.75) is 19.6 Å². The van der Waals surface area contributed by atoms with E-state index in [9.17, 15) is 39.8 Å². The number of hydrogen-bond acceptors (Lipinski definition) is 15. The van der Waals surface area contributed by atoms with Gasteiger partial charge in [-0.2, -0.15) is 15.8 Å². The van der Waals surface area contributed by atoms with Gasteiger partial charge < -0.3 is 52.7 Å². The average molecular weight is 1280 g/mol. The quantitative estimate of drug-likeness (QED) is 0.101. The minimum atomic E-state index is -0.271. The van der Waals surface area contributed by atoms with Crippen molar-refractivity contribution in [2.75, 3.05) is 142 Å². The molecule has 94 heavy (non-hydrogen) atoms. The van der Waals surface area contributed by atoms with E-state index < -0.39 is 0 Å². The SMILES string of the molecule is CN(C)CCn1c(=O)c(C#N)c(N2CCN(C(=O)c3ccc(Cl)cc3)CC2)c2ccccc21.COc1ccc(C(=O)N2CCN(c3c(C#N)c(=O)n(CCN(C)C)c4ccccc34)CC2)cc1.Cn1c(=O)c(C#N)c(N2CCN(Cc3ccccc3)CC2)c2ccccc21. The number of amides is 2. The fourth-order valence-electron chi connectivity index (χ4n) is 12.5. The second-order valence-corrected chi connectivity index (χ2v) is 24.4. The van der Waals surface area contributed by atoms with E-state index >= 15 is 0 Å². The van der Waals surface area contributed by atoms with Gasteiger partial charge in [-0.05, 0) is 100 Å². The van der Waals surface area contributed by atoms with Crippen LogP contribution in [0.5, 0.6) is 5.75 Å². The average Bonchev–Trinajstić information content (AvgIpc) is 0.771. The molecule has 0 spiro atoms. The van der Waals surface area contributed by atoms with Crippen LogP contribution in [-0.4, -0.2) is 177 Å². The summed E-state index contributed by atoms with van der Waals surface area (Å²) in [5.74, 6) is 0.625. The van der Waals surface area contributed by atoms with E-state index in [-0.39, 0.29) is 45.2 Å². The maximum absolute atomic E-state index is 13.3. The molecule has 6 aromatic carbocycles. The van der Waals surface area contributed by atoms with E-state index in [4.69, 9.17) is 16.3 Å². The Bertz CT molecular complexity index is 4530. The molecule has 3 aliphatic heterocycles. The van der Waals surface area contributed by atoms with Crippen molar-refractivity contribution in [1.82, 2.24) is 38.2 Å². The van der Waals surface area contributed by atoms with Gasteiger partial charge in [-0.15, -0.1) is 0 Å². The number of piperazine rings is 3. The van der Waals surface area contributed by atoms with E-state index in [1.165, 1.54) is 5.56 Å². The fourth-order valence-corrected chi connectivity index (χ4v) is 12.6. The van der Waals surface area contributed by atoms with E-state index in [1.807, 2.05) is 122 Å². The summed E-state index contributed by atoms with van der Waals surface area (Å²) in [5, 5.41) is 32.9. The van der Waals surface area contributed by atoms with Gasteiger partial charge in [0, 0.05) is 151 Å². The lowest BCUT2D eigenvalue weighted by Gasteiger charge is -2.37. The Morgan fingerprint density at radius 2 is 0.830 bits per heavy atom. The first kappa shape index (κ1) is 66.6. The van der Waals surface area contributed by atoms with Crippen LogP contribution in [0.15, 0.2) is 166 Å². The molecule has 9 aromatic rings. The monoisotopic (exact) mass is 1280 g/mol. The number of ether oxygens (including phenoxy) is 1. The number of aromatic nitrogens is 3. The van der Waals surface area contributed by atoms with Crippen molar-refractivity contribution >= 4 is 73.2 Å². The Morgan fingerprint density at radius 3 is 1.23 bits per heavy atom. The molecule has 6 heterocycles. The molecule has 21 heteroatoms. The summed E-state index contributed by atoms with van der Waals surface area (Å²) in [6.45, 7) is 10.9. The van der Waals surface area contributed by atoms with Gasteiger partial charge in [0.15, 0.2) is 0 Å². The Morgan fingerprint density at radius 1 is 0.468 bits per heavy atom. The molecular weight excluding hydrogens is 1200 g/mol. The summed E-state index contributed by atoms with van der Waals surface area (Å²) in [7, 11) is 11.2. The summed E-state index contributed by atoms with van der Waals surface area (Å²) in [6.07, 6.45) is 0. The molecule has 3 fully saturated rings. The van der Waals surface area contributed by atoms with Crippen LogP contribution in [0, 0.1) is 34.0 Å². The van der Waals surface area contributed by atoms with Crippen molar-refractivity contribution in [3.05, 3.63) is 221 Å². The highest BCUT2D eigenvalue weighted by molar-refractivity contribution is 6.30. The molecule has 0 saturated carbocycles. The van der Waals surface area contributed by atoms with Crippen molar-refractivity contribution < 1.29 is 14.3 Å². The predicted molar refractivity (Wildman–Crippen MR) is 371 cm³/mol. The number of methoxy groups -OCH3 is 1. The summed E-state index contributed by atoms with van der Waals surface area (Å²) in [5.41, 5.74) is 6.93. The molecule has 0 aliphatic carbocycles. The van der Waals surface area contributed by atoms with E-state index in [2.05, 4.69) is 62.1 Å². The van der Waals surface area contributed by atoms with Gasteiger partial charge in [0.1, 0.15) is 40.6 Å². The van der Waals surface area contributed by atoms with Gasteiger partial charge in [-0.1, -0.05) is 96.5 Å². The second kappa shape index (κ2) is 30.4. The third-order valence-electron chi connectivity index (χ3n) is 17.6. The molecule has 3 saturated heterocycles. The maximum atomic E-state index is 13.3. The normalized spacial score (nSPS) is 14.3. The number of fused-ring (bicyclic) bond motifs is 3. The number of benzene rings is 6. The first-order chi connectivity index (χ1) is 45.5. The summed E-state index contributed by atoms with van der Waals surface area (Å²) in [4.78, 5) is 81.5. The molecule has 0 radical (unpaired) electrons. The number of aryl methyl sites for hydroxylation is 1. The number of nitrogens with zero attached hydrogens (tertiary/aromatic N) is 14. The zero-order chi connectivity index (χ0) is 66.6. The van der Waals surface area contributed by atoms with Crippen molar-refractivity contribution in [2.24, 2.45) is 7.05 Å². The topological polar surface area (TPSA) is 207 Å². The van der Waals surface area contributed by atoms with Crippen LogP contribution in [0.1, 0.15) is 43.0 Å². The predicted octanol–water partition coefficient (Wildman–Crippen LogP) is 8.19. The lowest BCUT2D eigenvalue weighted by molar-refractivity contribution is 0.0739. The number of hydrogen-bond donors (Lipinski definition) is 0. The smallest absolute Gasteiger partial charge is 0.271 e. The highest BCUT2D eigenvalue weighted by Gasteiger charge is 2.30. The molecular formula is C73H77ClN14O6. The maximum Gasteiger partial charge on any atom is 0.271 e. The van der Waals surface area contributed by atoms with Crippen LogP contribution < -0.4 is 36.1 Å². The summed E-state index contributed by atoms with van der Waals surface area (Å²) in [6, 6.07) is 54.2. The number of rotatable bonds is 14. The molecule has 0 atom stereocenters. The van der Waals surface area contributed by atoms with Crippen LogP contribution in [0.3, 0.4) is 0 Å². The molecule has 3 aliphatic rings. The first-order valence-electron chi connectivity index (χ1n) is 31.5. The number of likely N-dealkylation sites (N-methyl/N-ethyl adjacent to an activating group) is 2. The number of nitriles is 3. The molecule has 2 amide bonds. The Hall–Kier alpha value is -10.3. The van der Waals surface area contributed by atoms with Crippen molar-refractivity contribution in [3.8, 4) is 24.0 Å². The third-order valence-corrected chi connectivity index (χ3v) is 17.8. The summed E-state index contributed by atoms with van der Waals surface area (Å²) < 4.78 is 10.1. The van der Waals surface area contributed by atoms with Crippen LogP contribution >= 0.6 is 11.6 Å². The van der Waals surface area contributed by atoms with E-state index in [0.29, 0.717) is 112 Å². The Balaban J connectivity index is 0.000000155. The molecule has 3 aromatic heterocycles. The van der Waals surface area contributed by atoms with Gasteiger partial charge in [0.2, 0.25) is 0 Å². The lowest BCUT2D eigenvalue weighted by atomic mass is 10.1. The number of carbonyl (C=O) groups excluding carboxylic acids is 2. The minimum Gasteiger partial charge on any atom is -0.497 e. The Labute approximate surface area is 552 Å². The number of para-hydroxylation sites is 3. The van der Waals surface area contributed by atoms with Crippen molar-refractivity contribution in [3.63, 3.8) is 0 Å². The number of anilines is 3. The lowest BCUT2D eigenvalue weighted by Crippen LogP contribution is -2.49. The van der Waals surface area contributed by atoms with Crippen LogP contribution in [0.2, 0.25) is 5.02 Å². The van der Waals surface area contributed by atoms with Crippen LogP contribution in [-0.2, 0) is 26.7 Å². The molecule has 20 nitrogen and oxygen atoms in total. The number of halogens is 1. The number of carbonyl (C=O) groups is 2. The fraction of sp³-hybridized carbons (Fsp3) is 0.315. The van der Waals surface area contributed by atoms with E-state index in [1.54, 1.807) is 81.3 Å².